The lowest BCUT2D eigenvalue weighted by molar-refractivity contribution is -0.143. The number of carbonyl (C=O) groups excluding carboxylic acids is 2. The highest BCUT2D eigenvalue weighted by atomic mass is 16.5. The third-order valence-electron chi connectivity index (χ3n) is 5.32. The van der Waals surface area contributed by atoms with E-state index < -0.39 is 6.04 Å². The van der Waals surface area contributed by atoms with Crippen molar-refractivity contribution < 1.29 is 19.1 Å². The second-order valence-corrected chi connectivity index (χ2v) is 7.67. The number of hydrogen-bond acceptors (Lipinski definition) is 4. The van der Waals surface area contributed by atoms with E-state index in [4.69, 9.17) is 9.47 Å². The summed E-state index contributed by atoms with van der Waals surface area (Å²) in [7, 11) is 1.60. The maximum atomic E-state index is 13.2. The number of methoxy groups -OCH3 is 1. The Morgan fingerprint density at radius 2 is 1.81 bits per heavy atom. The number of aryl methyl sites for hydroxylation is 1. The molecule has 0 heterocycles. The van der Waals surface area contributed by atoms with Crippen molar-refractivity contribution in [3.63, 3.8) is 0 Å². The normalized spacial score (nSPS) is 12.5. The summed E-state index contributed by atoms with van der Waals surface area (Å²) in [5.41, 5.74) is 1.84. The second-order valence-electron chi connectivity index (χ2n) is 7.67. The molecule has 168 valence electrons. The number of hydrogen-bond donors (Lipinski definition) is 1. The largest absolute Gasteiger partial charge is 0.497 e. The van der Waals surface area contributed by atoms with Gasteiger partial charge in [-0.25, -0.2) is 0 Å². The lowest BCUT2D eigenvalue weighted by Gasteiger charge is -2.31. The lowest BCUT2D eigenvalue weighted by atomic mass is 10.1. The minimum atomic E-state index is -0.590. The standard InChI is InChI=1S/C25H34N2O4/c1-6-19(4)26-25(29)22(7-2)27(16-20-12-10-13-21(15-20)30-5)24(28)17-31-23-14-9-8-11-18(23)3/h8-15,19,22H,6-7,16-17H2,1-5H3,(H,26,29)/t19-,22+/m1/s1. The molecular formula is C25H34N2O4. The van der Waals surface area contributed by atoms with Gasteiger partial charge in [0.1, 0.15) is 17.5 Å². The van der Waals surface area contributed by atoms with Crippen LogP contribution in [-0.4, -0.2) is 42.5 Å². The number of nitrogens with zero attached hydrogens (tertiary/aromatic N) is 1. The summed E-state index contributed by atoms with van der Waals surface area (Å²) in [4.78, 5) is 27.8. The van der Waals surface area contributed by atoms with Crippen LogP contribution in [0, 0.1) is 6.92 Å². The van der Waals surface area contributed by atoms with Crippen LogP contribution in [-0.2, 0) is 16.1 Å². The molecule has 0 unspecified atom stereocenters. The van der Waals surface area contributed by atoms with E-state index in [1.807, 2.05) is 76.2 Å². The maximum absolute atomic E-state index is 13.2. The highest BCUT2D eigenvalue weighted by molar-refractivity contribution is 5.88. The highest BCUT2D eigenvalue weighted by Crippen LogP contribution is 2.19. The fourth-order valence-corrected chi connectivity index (χ4v) is 3.27. The number of carbonyl (C=O) groups is 2. The van der Waals surface area contributed by atoms with Crippen molar-refractivity contribution >= 4 is 11.8 Å². The predicted octanol–water partition coefficient (Wildman–Crippen LogP) is 4.10. The zero-order valence-corrected chi connectivity index (χ0v) is 19.2. The van der Waals surface area contributed by atoms with Crippen LogP contribution in [0.25, 0.3) is 0 Å². The summed E-state index contributed by atoms with van der Waals surface area (Å²) in [6, 6.07) is 14.5. The average molecular weight is 427 g/mol. The fraction of sp³-hybridized carbons (Fsp3) is 0.440. The van der Waals surface area contributed by atoms with E-state index in [0.29, 0.717) is 24.5 Å². The lowest BCUT2D eigenvalue weighted by Crippen LogP contribution is -2.51. The zero-order chi connectivity index (χ0) is 22.8. The van der Waals surface area contributed by atoms with Gasteiger partial charge in [0.05, 0.1) is 7.11 Å². The van der Waals surface area contributed by atoms with Gasteiger partial charge in [-0.1, -0.05) is 44.2 Å². The van der Waals surface area contributed by atoms with Crippen LogP contribution in [0.5, 0.6) is 11.5 Å². The number of nitrogens with one attached hydrogen (secondary N) is 1. The molecule has 0 saturated carbocycles. The molecule has 0 fully saturated rings. The molecule has 2 aromatic carbocycles. The molecule has 0 aliphatic heterocycles. The van der Waals surface area contributed by atoms with Crippen LogP contribution in [0.1, 0.15) is 44.7 Å². The van der Waals surface area contributed by atoms with Crippen molar-refractivity contribution in [1.29, 1.82) is 0 Å². The van der Waals surface area contributed by atoms with Crippen molar-refractivity contribution in [2.45, 2.75) is 59.2 Å². The van der Waals surface area contributed by atoms with Gasteiger partial charge in [0, 0.05) is 12.6 Å². The molecule has 31 heavy (non-hydrogen) atoms. The molecule has 0 radical (unpaired) electrons. The Bertz CT molecular complexity index is 868. The van der Waals surface area contributed by atoms with Crippen LogP contribution in [0.15, 0.2) is 48.5 Å². The Morgan fingerprint density at radius 3 is 2.45 bits per heavy atom. The van der Waals surface area contributed by atoms with E-state index in [9.17, 15) is 9.59 Å². The van der Waals surface area contributed by atoms with Gasteiger partial charge in [-0.3, -0.25) is 9.59 Å². The first kappa shape index (κ1) is 24.3. The van der Waals surface area contributed by atoms with Crippen LogP contribution >= 0.6 is 0 Å². The topological polar surface area (TPSA) is 67.9 Å². The molecule has 2 rings (SSSR count). The molecule has 0 saturated heterocycles. The minimum Gasteiger partial charge on any atom is -0.497 e. The molecule has 2 aromatic rings. The molecular weight excluding hydrogens is 392 g/mol. The van der Waals surface area contributed by atoms with E-state index in [-0.39, 0.29) is 24.5 Å². The quantitative estimate of drug-likeness (QED) is 0.587. The smallest absolute Gasteiger partial charge is 0.261 e. The number of para-hydroxylation sites is 1. The third-order valence-corrected chi connectivity index (χ3v) is 5.32. The summed E-state index contributed by atoms with van der Waals surface area (Å²) in [6.45, 7) is 7.97. The summed E-state index contributed by atoms with van der Waals surface area (Å²) in [6.07, 6.45) is 1.32. The molecule has 2 atom stereocenters. The van der Waals surface area contributed by atoms with Gasteiger partial charge < -0.3 is 19.7 Å². The number of amides is 2. The number of benzene rings is 2. The first-order valence-corrected chi connectivity index (χ1v) is 10.8. The van der Waals surface area contributed by atoms with E-state index in [1.165, 1.54) is 0 Å². The van der Waals surface area contributed by atoms with Gasteiger partial charge in [0.15, 0.2) is 6.61 Å². The van der Waals surface area contributed by atoms with E-state index in [2.05, 4.69) is 5.32 Å². The fourth-order valence-electron chi connectivity index (χ4n) is 3.27. The molecule has 1 N–H and O–H groups in total. The monoisotopic (exact) mass is 426 g/mol. The van der Waals surface area contributed by atoms with Crippen molar-refractivity contribution in [3.05, 3.63) is 59.7 Å². The molecule has 0 bridgehead atoms. The number of rotatable bonds is 11. The molecule has 0 spiro atoms. The first-order valence-electron chi connectivity index (χ1n) is 10.8. The molecule has 0 aliphatic carbocycles. The zero-order valence-electron chi connectivity index (χ0n) is 19.2. The molecule has 0 aliphatic rings. The van der Waals surface area contributed by atoms with Crippen LogP contribution < -0.4 is 14.8 Å². The SMILES string of the molecule is CC[C@@H](C)NC(=O)[C@H](CC)N(Cc1cccc(OC)c1)C(=O)COc1ccccc1C. The predicted molar refractivity (Wildman–Crippen MR) is 122 cm³/mol. The van der Waals surface area contributed by atoms with Crippen LogP contribution in [0.3, 0.4) is 0 Å². The third kappa shape index (κ3) is 7.02. The van der Waals surface area contributed by atoms with Crippen molar-refractivity contribution in [1.82, 2.24) is 10.2 Å². The van der Waals surface area contributed by atoms with Crippen LogP contribution in [0.4, 0.5) is 0 Å². The van der Waals surface area contributed by atoms with E-state index in [0.717, 1.165) is 17.5 Å². The van der Waals surface area contributed by atoms with Crippen LogP contribution in [0.2, 0.25) is 0 Å². The maximum Gasteiger partial charge on any atom is 0.261 e. The first-order chi connectivity index (χ1) is 14.9. The summed E-state index contributed by atoms with van der Waals surface area (Å²) < 4.78 is 11.1. The molecule has 6 heteroatoms. The van der Waals surface area contributed by atoms with E-state index in [1.54, 1.807) is 12.0 Å². The highest BCUT2D eigenvalue weighted by Gasteiger charge is 2.29. The summed E-state index contributed by atoms with van der Waals surface area (Å²) in [5.74, 6) is 0.980. The molecule has 6 nitrogen and oxygen atoms in total. The Kier molecular flexibility index (Phi) is 9.38. The Morgan fingerprint density at radius 1 is 1.06 bits per heavy atom. The van der Waals surface area contributed by atoms with Gasteiger partial charge >= 0.3 is 0 Å². The summed E-state index contributed by atoms with van der Waals surface area (Å²) in [5, 5.41) is 3.01. The van der Waals surface area contributed by atoms with Gasteiger partial charge in [0.2, 0.25) is 5.91 Å². The van der Waals surface area contributed by atoms with Gasteiger partial charge in [-0.15, -0.1) is 0 Å². The van der Waals surface area contributed by atoms with Crippen molar-refractivity contribution in [2.24, 2.45) is 0 Å². The Labute approximate surface area is 185 Å². The Balaban J connectivity index is 2.25. The number of ether oxygens (including phenoxy) is 2. The van der Waals surface area contributed by atoms with Gasteiger partial charge in [0.25, 0.3) is 5.91 Å². The average Bonchev–Trinajstić information content (AvgIpc) is 2.78. The van der Waals surface area contributed by atoms with Gasteiger partial charge in [-0.05, 0) is 56.0 Å². The molecule has 2 amide bonds. The van der Waals surface area contributed by atoms with Gasteiger partial charge in [-0.2, -0.15) is 0 Å². The van der Waals surface area contributed by atoms with Crippen molar-refractivity contribution in [2.75, 3.05) is 13.7 Å². The molecule has 0 aromatic heterocycles. The summed E-state index contributed by atoms with van der Waals surface area (Å²) >= 11 is 0. The second kappa shape index (κ2) is 12.0. The van der Waals surface area contributed by atoms with Crippen molar-refractivity contribution in [3.8, 4) is 11.5 Å². The van der Waals surface area contributed by atoms with E-state index >= 15 is 0 Å². The Hall–Kier alpha value is -3.02. The minimum absolute atomic E-state index is 0.0403.